The van der Waals surface area contributed by atoms with Crippen LogP contribution in [-0.4, -0.2) is 23.9 Å². The van der Waals surface area contributed by atoms with Gasteiger partial charge in [0, 0.05) is 24.2 Å². The van der Waals surface area contributed by atoms with Crippen LogP contribution in [0.1, 0.15) is 49.0 Å². The van der Waals surface area contributed by atoms with E-state index in [1.807, 2.05) is 13.8 Å². The third kappa shape index (κ3) is 3.44. The number of anilines is 1. The molecule has 0 aliphatic carbocycles. The Bertz CT molecular complexity index is 597. The summed E-state index contributed by atoms with van der Waals surface area (Å²) in [6, 6.07) is 2.71. The molecule has 0 saturated carbocycles. The fraction of sp³-hybridized carbons (Fsp3) is 0.500. The van der Waals surface area contributed by atoms with Crippen molar-refractivity contribution in [3.63, 3.8) is 0 Å². The Morgan fingerprint density at radius 3 is 2.68 bits per heavy atom. The summed E-state index contributed by atoms with van der Waals surface area (Å²) in [5, 5.41) is 5.32. The van der Waals surface area contributed by atoms with Gasteiger partial charge in [0.25, 0.3) is 5.91 Å². The molecule has 120 valence electrons. The maximum Gasteiger partial charge on any atom is 0.254 e. The molecule has 0 radical (unpaired) electrons. The zero-order chi connectivity index (χ0) is 16.3. The fourth-order valence-corrected chi connectivity index (χ4v) is 2.43. The van der Waals surface area contributed by atoms with Crippen LogP contribution in [0.5, 0.6) is 0 Å². The highest BCUT2D eigenvalue weighted by Gasteiger charge is 2.24. The molecule has 1 aromatic rings. The Labute approximate surface area is 129 Å². The third-order valence-corrected chi connectivity index (χ3v) is 4.34. The number of hydrogen-bond donors (Lipinski definition) is 3. The molecule has 1 heterocycles. The molecule has 0 spiro atoms. The quantitative estimate of drug-likeness (QED) is 0.777. The summed E-state index contributed by atoms with van der Waals surface area (Å²) >= 11 is 0. The van der Waals surface area contributed by atoms with Gasteiger partial charge in [0.1, 0.15) is 5.82 Å². The summed E-state index contributed by atoms with van der Waals surface area (Å²) in [7, 11) is 0. The van der Waals surface area contributed by atoms with E-state index in [2.05, 4.69) is 10.6 Å². The molecule has 2 rings (SSSR count). The van der Waals surface area contributed by atoms with Crippen LogP contribution in [0.4, 0.5) is 10.1 Å². The van der Waals surface area contributed by atoms with Gasteiger partial charge >= 0.3 is 0 Å². The van der Waals surface area contributed by atoms with Gasteiger partial charge in [-0.2, -0.15) is 0 Å². The summed E-state index contributed by atoms with van der Waals surface area (Å²) in [5.41, 5.74) is 6.86. The van der Waals surface area contributed by atoms with Crippen molar-refractivity contribution in [2.24, 2.45) is 5.73 Å². The number of carbonyl (C=O) groups excluding carboxylic acids is 2. The third-order valence-electron chi connectivity index (χ3n) is 4.34. The number of benzene rings is 1. The van der Waals surface area contributed by atoms with Crippen LogP contribution in [0.2, 0.25) is 0 Å². The van der Waals surface area contributed by atoms with Crippen LogP contribution in [0.15, 0.2) is 12.1 Å². The largest absolute Gasteiger partial charge is 0.350 e. The highest BCUT2D eigenvalue weighted by molar-refractivity contribution is 5.98. The van der Waals surface area contributed by atoms with Crippen molar-refractivity contribution in [3.05, 3.63) is 29.1 Å². The molecule has 0 saturated heterocycles. The highest BCUT2D eigenvalue weighted by atomic mass is 19.1. The standard InChI is InChI=1S/C16H22FN3O2/c1-3-16(18,4-2)9-19-15(22)11-7-10-5-6-14(21)20-13(10)8-12(11)17/h7-8H,3-6,9,18H2,1-2H3,(H,19,22)(H,20,21). The summed E-state index contributed by atoms with van der Waals surface area (Å²) in [6.45, 7) is 4.21. The lowest BCUT2D eigenvalue weighted by Gasteiger charge is -2.27. The Morgan fingerprint density at radius 1 is 1.36 bits per heavy atom. The minimum atomic E-state index is -0.644. The van der Waals surface area contributed by atoms with Gasteiger partial charge in [-0.1, -0.05) is 13.8 Å². The van der Waals surface area contributed by atoms with E-state index in [0.29, 0.717) is 25.1 Å². The molecule has 6 heteroatoms. The first-order valence-electron chi connectivity index (χ1n) is 7.58. The SMILES string of the molecule is CCC(N)(CC)CNC(=O)c1cc2c(cc1F)NC(=O)CC2. The monoisotopic (exact) mass is 307 g/mol. The second kappa shape index (κ2) is 6.44. The molecule has 0 atom stereocenters. The van der Waals surface area contributed by atoms with E-state index >= 15 is 0 Å². The van der Waals surface area contributed by atoms with Crippen molar-refractivity contribution >= 4 is 17.5 Å². The second-order valence-electron chi connectivity index (χ2n) is 5.79. The van der Waals surface area contributed by atoms with Crippen molar-refractivity contribution in [2.75, 3.05) is 11.9 Å². The van der Waals surface area contributed by atoms with Crippen molar-refractivity contribution in [1.82, 2.24) is 5.32 Å². The number of aryl methyl sites for hydroxylation is 1. The van der Waals surface area contributed by atoms with E-state index in [1.54, 1.807) is 0 Å². The maximum absolute atomic E-state index is 14.1. The zero-order valence-corrected chi connectivity index (χ0v) is 13.0. The van der Waals surface area contributed by atoms with Crippen LogP contribution in [0.3, 0.4) is 0 Å². The van der Waals surface area contributed by atoms with Crippen LogP contribution in [-0.2, 0) is 11.2 Å². The number of nitrogens with two attached hydrogens (primary N) is 1. The van der Waals surface area contributed by atoms with E-state index in [0.717, 1.165) is 18.4 Å². The molecule has 0 aromatic heterocycles. The second-order valence-corrected chi connectivity index (χ2v) is 5.79. The maximum atomic E-state index is 14.1. The van der Waals surface area contributed by atoms with Crippen molar-refractivity contribution in [2.45, 2.75) is 45.1 Å². The van der Waals surface area contributed by atoms with E-state index < -0.39 is 17.3 Å². The van der Waals surface area contributed by atoms with Gasteiger partial charge in [-0.15, -0.1) is 0 Å². The Hall–Kier alpha value is -1.95. The number of nitrogens with one attached hydrogen (secondary N) is 2. The molecule has 2 amide bonds. The summed E-state index contributed by atoms with van der Waals surface area (Å²) in [5.74, 6) is -1.26. The van der Waals surface area contributed by atoms with E-state index in [9.17, 15) is 14.0 Å². The van der Waals surface area contributed by atoms with E-state index in [-0.39, 0.29) is 11.5 Å². The lowest BCUT2D eigenvalue weighted by Crippen LogP contribution is -2.49. The Morgan fingerprint density at radius 2 is 2.05 bits per heavy atom. The predicted molar refractivity (Wildman–Crippen MR) is 83.2 cm³/mol. The molecule has 1 aliphatic rings. The molecular formula is C16H22FN3O2. The number of halogens is 1. The van der Waals surface area contributed by atoms with Gasteiger partial charge in [-0.25, -0.2) is 4.39 Å². The van der Waals surface area contributed by atoms with Gasteiger partial charge in [0.15, 0.2) is 0 Å². The summed E-state index contributed by atoms with van der Waals surface area (Å²) in [6.07, 6.45) is 2.30. The zero-order valence-electron chi connectivity index (χ0n) is 13.0. The number of rotatable bonds is 5. The van der Waals surface area contributed by atoms with Gasteiger partial charge in [-0.05, 0) is 37.0 Å². The van der Waals surface area contributed by atoms with Crippen LogP contribution >= 0.6 is 0 Å². The number of fused-ring (bicyclic) bond motifs is 1. The number of hydrogen-bond acceptors (Lipinski definition) is 3. The molecule has 5 nitrogen and oxygen atoms in total. The molecule has 0 fully saturated rings. The van der Waals surface area contributed by atoms with Crippen LogP contribution in [0.25, 0.3) is 0 Å². The summed E-state index contributed by atoms with van der Waals surface area (Å²) in [4.78, 5) is 23.5. The first kappa shape index (κ1) is 16.4. The van der Waals surface area contributed by atoms with Gasteiger partial charge < -0.3 is 16.4 Å². The normalized spacial score (nSPS) is 14.3. The minimum absolute atomic E-state index is 0.00976. The molecule has 22 heavy (non-hydrogen) atoms. The van der Waals surface area contributed by atoms with Gasteiger partial charge in [-0.3, -0.25) is 9.59 Å². The lowest BCUT2D eigenvalue weighted by atomic mass is 9.94. The minimum Gasteiger partial charge on any atom is -0.350 e. The average molecular weight is 307 g/mol. The number of carbonyl (C=O) groups is 2. The van der Waals surface area contributed by atoms with Crippen LogP contribution < -0.4 is 16.4 Å². The molecule has 1 aromatic carbocycles. The lowest BCUT2D eigenvalue weighted by molar-refractivity contribution is -0.116. The van der Waals surface area contributed by atoms with Crippen molar-refractivity contribution < 1.29 is 14.0 Å². The van der Waals surface area contributed by atoms with Crippen molar-refractivity contribution in [1.29, 1.82) is 0 Å². The first-order chi connectivity index (χ1) is 10.4. The molecule has 0 bridgehead atoms. The first-order valence-corrected chi connectivity index (χ1v) is 7.58. The number of amides is 2. The molecular weight excluding hydrogens is 285 g/mol. The average Bonchev–Trinajstić information content (AvgIpc) is 2.51. The predicted octanol–water partition coefficient (Wildman–Crippen LogP) is 1.96. The van der Waals surface area contributed by atoms with Crippen molar-refractivity contribution in [3.8, 4) is 0 Å². The van der Waals surface area contributed by atoms with Gasteiger partial charge in [0.2, 0.25) is 5.91 Å². The smallest absolute Gasteiger partial charge is 0.254 e. The molecule has 1 aliphatic heterocycles. The molecule has 4 N–H and O–H groups in total. The fourth-order valence-electron chi connectivity index (χ4n) is 2.43. The summed E-state index contributed by atoms with van der Waals surface area (Å²) < 4.78 is 14.1. The van der Waals surface area contributed by atoms with Crippen LogP contribution in [0, 0.1) is 5.82 Å². The Balaban J connectivity index is 2.15. The van der Waals surface area contributed by atoms with Gasteiger partial charge in [0.05, 0.1) is 5.56 Å². The van der Waals surface area contributed by atoms with E-state index in [1.165, 1.54) is 12.1 Å². The molecule has 0 unspecified atom stereocenters. The highest BCUT2D eigenvalue weighted by Crippen LogP contribution is 2.26. The Kier molecular flexibility index (Phi) is 4.81. The topological polar surface area (TPSA) is 84.2 Å². The van der Waals surface area contributed by atoms with E-state index in [4.69, 9.17) is 5.73 Å².